The van der Waals surface area contributed by atoms with Crippen molar-refractivity contribution in [1.82, 2.24) is 0 Å². The van der Waals surface area contributed by atoms with Gasteiger partial charge in [0.25, 0.3) is 0 Å². The van der Waals surface area contributed by atoms with Crippen LogP contribution in [0.2, 0.25) is 0 Å². The zero-order valence-corrected chi connectivity index (χ0v) is 12.9. The fourth-order valence-corrected chi connectivity index (χ4v) is 1.71. The van der Waals surface area contributed by atoms with Gasteiger partial charge in [-0.05, 0) is 51.4 Å². The molecule has 0 bridgehead atoms. The fraction of sp³-hybridized carbons (Fsp3) is 0.500. The van der Waals surface area contributed by atoms with Gasteiger partial charge in [-0.15, -0.1) is 0 Å². The van der Waals surface area contributed by atoms with Gasteiger partial charge in [-0.3, -0.25) is 0 Å². The molecule has 0 aromatic carbocycles. The summed E-state index contributed by atoms with van der Waals surface area (Å²) in [5.41, 5.74) is 0. The molecule has 0 radical (unpaired) electrons. The minimum Gasteiger partial charge on any atom is -0.0882 e. The van der Waals surface area contributed by atoms with Crippen LogP contribution in [0.15, 0.2) is 48.6 Å². The second-order valence-corrected chi connectivity index (χ2v) is 4.20. The maximum Gasteiger partial charge on any atom is 0 e. The van der Waals surface area contributed by atoms with Crippen LogP contribution in [0.3, 0.4) is 0 Å². The second-order valence-electron chi connectivity index (χ2n) is 4.20. The Morgan fingerprint density at radius 1 is 0.294 bits per heavy atom. The van der Waals surface area contributed by atoms with Gasteiger partial charge in [-0.1, -0.05) is 48.6 Å². The Bertz CT molecular complexity index is 179. The number of allylic oxidation sites excluding steroid dienone is 8. The topological polar surface area (TPSA) is 0 Å². The largest absolute Gasteiger partial charge is 0.0882 e. The van der Waals surface area contributed by atoms with Gasteiger partial charge in [0.1, 0.15) is 0 Å². The van der Waals surface area contributed by atoms with Crippen LogP contribution in [0.4, 0.5) is 0 Å². The monoisotopic (exact) mass is 411 g/mol. The molecule has 2 aliphatic rings. The minimum absolute atomic E-state index is 0. The van der Waals surface area contributed by atoms with Crippen LogP contribution < -0.4 is 0 Å². The van der Waals surface area contributed by atoms with E-state index in [2.05, 4.69) is 48.6 Å². The van der Waals surface area contributed by atoms with E-state index in [1.807, 2.05) is 0 Å². The summed E-state index contributed by atoms with van der Waals surface area (Å²) in [6.07, 6.45) is 28.0. The summed E-state index contributed by atoms with van der Waals surface area (Å²) in [6, 6.07) is 0. The molecule has 2 aliphatic carbocycles. The summed E-state index contributed by atoms with van der Waals surface area (Å²) in [5, 5.41) is 0. The first kappa shape index (κ1) is 16.6. The SMILES string of the molecule is C1=CCCC=CCC1.C1=CCCC=CCC1.[Pt]. The fourth-order valence-electron chi connectivity index (χ4n) is 1.71. The molecule has 0 spiro atoms. The molecule has 0 aromatic heterocycles. The van der Waals surface area contributed by atoms with Gasteiger partial charge in [0.2, 0.25) is 0 Å². The number of hydrogen-bond acceptors (Lipinski definition) is 0. The molecule has 0 unspecified atom stereocenters. The average Bonchev–Trinajstić information content (AvgIpc) is 2.15. The first-order chi connectivity index (χ1) is 8.00. The molecule has 0 atom stereocenters. The number of rotatable bonds is 0. The van der Waals surface area contributed by atoms with Gasteiger partial charge in [-0.2, -0.15) is 0 Å². The van der Waals surface area contributed by atoms with Crippen molar-refractivity contribution in [1.29, 1.82) is 0 Å². The van der Waals surface area contributed by atoms with Gasteiger partial charge < -0.3 is 0 Å². The van der Waals surface area contributed by atoms with E-state index in [1.54, 1.807) is 0 Å². The first-order valence-electron chi connectivity index (χ1n) is 6.60. The zero-order chi connectivity index (χ0) is 11.3. The van der Waals surface area contributed by atoms with Crippen LogP contribution in [-0.2, 0) is 21.1 Å². The van der Waals surface area contributed by atoms with Crippen LogP contribution in [0.5, 0.6) is 0 Å². The molecule has 0 N–H and O–H groups in total. The summed E-state index contributed by atoms with van der Waals surface area (Å²) >= 11 is 0. The minimum atomic E-state index is 0. The standard InChI is InChI=1S/2C8H12.Pt/c2*1-2-4-6-8-7-5-3-1;/h2*1-2,7-8H,3-6H2;. The molecular formula is C16H24Pt. The van der Waals surface area contributed by atoms with Crippen molar-refractivity contribution >= 4 is 0 Å². The molecule has 2 rings (SSSR count). The quantitative estimate of drug-likeness (QED) is 0.472. The summed E-state index contributed by atoms with van der Waals surface area (Å²) in [5.74, 6) is 0. The third-order valence-corrected chi connectivity index (χ3v) is 2.67. The molecule has 0 saturated heterocycles. The van der Waals surface area contributed by atoms with Crippen LogP contribution in [0, 0.1) is 0 Å². The maximum absolute atomic E-state index is 2.27. The Labute approximate surface area is 121 Å². The Hall–Kier alpha value is -0.352. The molecule has 0 fully saturated rings. The van der Waals surface area contributed by atoms with Crippen molar-refractivity contribution < 1.29 is 21.1 Å². The van der Waals surface area contributed by atoms with Gasteiger partial charge in [-0.25, -0.2) is 0 Å². The molecule has 98 valence electrons. The van der Waals surface area contributed by atoms with Crippen molar-refractivity contribution in [2.45, 2.75) is 51.4 Å². The summed E-state index contributed by atoms with van der Waals surface area (Å²) in [6.45, 7) is 0. The van der Waals surface area contributed by atoms with Crippen molar-refractivity contribution in [3.05, 3.63) is 48.6 Å². The average molecular weight is 411 g/mol. The predicted octanol–water partition coefficient (Wildman–Crippen LogP) is 5.34. The summed E-state index contributed by atoms with van der Waals surface area (Å²) in [4.78, 5) is 0. The molecule has 17 heavy (non-hydrogen) atoms. The van der Waals surface area contributed by atoms with E-state index in [0.717, 1.165) is 0 Å². The van der Waals surface area contributed by atoms with Crippen LogP contribution in [0.25, 0.3) is 0 Å². The summed E-state index contributed by atoms with van der Waals surface area (Å²) < 4.78 is 0. The van der Waals surface area contributed by atoms with E-state index >= 15 is 0 Å². The molecule has 0 amide bonds. The van der Waals surface area contributed by atoms with Crippen molar-refractivity contribution in [2.24, 2.45) is 0 Å². The smallest absolute Gasteiger partial charge is 0 e. The third kappa shape index (κ3) is 11.9. The van der Waals surface area contributed by atoms with Gasteiger partial charge in [0.05, 0.1) is 0 Å². The van der Waals surface area contributed by atoms with Gasteiger partial charge in [0.15, 0.2) is 0 Å². The van der Waals surface area contributed by atoms with Crippen molar-refractivity contribution in [3.63, 3.8) is 0 Å². The van der Waals surface area contributed by atoms with E-state index in [9.17, 15) is 0 Å². The molecule has 0 saturated carbocycles. The summed E-state index contributed by atoms with van der Waals surface area (Å²) in [7, 11) is 0. The number of hydrogen-bond donors (Lipinski definition) is 0. The van der Waals surface area contributed by atoms with Crippen LogP contribution in [0.1, 0.15) is 51.4 Å². The Morgan fingerprint density at radius 2 is 0.412 bits per heavy atom. The molecule has 0 heterocycles. The van der Waals surface area contributed by atoms with E-state index < -0.39 is 0 Å². The van der Waals surface area contributed by atoms with E-state index in [1.165, 1.54) is 51.4 Å². The Morgan fingerprint density at radius 3 is 0.529 bits per heavy atom. The predicted molar refractivity (Wildman–Crippen MR) is 73.5 cm³/mol. The molecule has 0 aliphatic heterocycles. The van der Waals surface area contributed by atoms with Gasteiger partial charge in [0, 0.05) is 21.1 Å². The van der Waals surface area contributed by atoms with E-state index in [0.29, 0.717) is 0 Å². The second kappa shape index (κ2) is 13.7. The van der Waals surface area contributed by atoms with Crippen molar-refractivity contribution in [2.75, 3.05) is 0 Å². The van der Waals surface area contributed by atoms with E-state index in [4.69, 9.17) is 0 Å². The molecule has 0 nitrogen and oxygen atoms in total. The van der Waals surface area contributed by atoms with E-state index in [-0.39, 0.29) is 21.1 Å². The maximum atomic E-state index is 2.27. The first-order valence-corrected chi connectivity index (χ1v) is 6.60. The normalized spacial score (nSPS) is 18.8. The Balaban J connectivity index is 0.000000284. The van der Waals surface area contributed by atoms with Crippen molar-refractivity contribution in [3.8, 4) is 0 Å². The van der Waals surface area contributed by atoms with Crippen LogP contribution >= 0.6 is 0 Å². The molecular weight excluding hydrogens is 387 g/mol. The van der Waals surface area contributed by atoms with Gasteiger partial charge >= 0.3 is 0 Å². The Kier molecular flexibility index (Phi) is 13.4. The molecule has 0 aromatic rings. The third-order valence-electron chi connectivity index (χ3n) is 2.67. The van der Waals surface area contributed by atoms with Crippen LogP contribution in [-0.4, -0.2) is 0 Å². The molecule has 1 heteroatoms. The zero-order valence-electron chi connectivity index (χ0n) is 10.6.